The summed E-state index contributed by atoms with van der Waals surface area (Å²) in [7, 11) is 3.14. The van der Waals surface area contributed by atoms with Gasteiger partial charge >= 0.3 is 0 Å². The van der Waals surface area contributed by atoms with Gasteiger partial charge in [0, 0.05) is 5.56 Å². The van der Waals surface area contributed by atoms with Crippen molar-refractivity contribution in [3.63, 3.8) is 0 Å². The molecule has 4 rings (SSSR count). The van der Waals surface area contributed by atoms with Gasteiger partial charge < -0.3 is 14.5 Å². The van der Waals surface area contributed by atoms with Crippen LogP contribution in [0.3, 0.4) is 0 Å². The van der Waals surface area contributed by atoms with Gasteiger partial charge in [0.15, 0.2) is 5.65 Å². The summed E-state index contributed by atoms with van der Waals surface area (Å²) < 4.78 is 26.7. The largest absolute Gasteiger partial charge is 0.496 e. The minimum absolute atomic E-state index is 0.301. The Bertz CT molecular complexity index is 1070. The Labute approximate surface area is 149 Å². The van der Waals surface area contributed by atoms with Gasteiger partial charge in [-0.1, -0.05) is 24.3 Å². The van der Waals surface area contributed by atoms with Gasteiger partial charge in [-0.05, 0) is 18.2 Å². The first-order chi connectivity index (χ1) is 12.7. The van der Waals surface area contributed by atoms with Crippen LogP contribution in [0.2, 0.25) is 0 Å². The molecule has 0 saturated heterocycles. The van der Waals surface area contributed by atoms with Gasteiger partial charge in [0.25, 0.3) is 0 Å². The number of para-hydroxylation sites is 1. The highest BCUT2D eigenvalue weighted by Crippen LogP contribution is 2.32. The molecule has 0 aliphatic rings. The molecule has 6 nitrogen and oxygen atoms in total. The molecule has 132 valence electrons. The molecule has 2 aromatic carbocycles. The number of imidazole rings is 1. The highest BCUT2D eigenvalue weighted by molar-refractivity contribution is 5.78. The summed E-state index contributed by atoms with van der Waals surface area (Å²) in [5.41, 5.74) is 2.64. The Morgan fingerprint density at radius 1 is 1.04 bits per heavy atom. The number of aromatic nitrogens is 4. The lowest BCUT2D eigenvalue weighted by molar-refractivity contribution is 0.407. The van der Waals surface area contributed by atoms with Crippen molar-refractivity contribution in [1.82, 2.24) is 19.7 Å². The molecule has 0 aliphatic heterocycles. The molecule has 0 fully saturated rings. The van der Waals surface area contributed by atoms with Crippen molar-refractivity contribution in [2.45, 2.75) is 6.54 Å². The van der Waals surface area contributed by atoms with Gasteiger partial charge in [-0.15, -0.1) is 0 Å². The van der Waals surface area contributed by atoms with Gasteiger partial charge in [-0.25, -0.2) is 14.1 Å². The van der Waals surface area contributed by atoms with E-state index in [4.69, 9.17) is 9.47 Å². The van der Waals surface area contributed by atoms with E-state index >= 15 is 0 Å². The number of benzene rings is 2. The lowest BCUT2D eigenvalue weighted by atomic mass is 10.2. The summed E-state index contributed by atoms with van der Waals surface area (Å²) in [6.45, 7) is 0.492. The van der Waals surface area contributed by atoms with E-state index in [0.717, 1.165) is 16.8 Å². The number of H-pyrrole nitrogens is 1. The summed E-state index contributed by atoms with van der Waals surface area (Å²) in [6.07, 6.45) is 1.68. The van der Waals surface area contributed by atoms with E-state index in [2.05, 4.69) is 15.1 Å². The van der Waals surface area contributed by atoms with Crippen molar-refractivity contribution in [3.8, 4) is 22.9 Å². The van der Waals surface area contributed by atoms with Crippen LogP contribution < -0.4 is 9.47 Å². The zero-order valence-corrected chi connectivity index (χ0v) is 14.4. The van der Waals surface area contributed by atoms with E-state index in [-0.39, 0.29) is 0 Å². The second-order valence-electron chi connectivity index (χ2n) is 5.75. The van der Waals surface area contributed by atoms with Crippen LogP contribution in [0.1, 0.15) is 5.56 Å². The summed E-state index contributed by atoms with van der Waals surface area (Å²) >= 11 is 0. The molecule has 1 N–H and O–H groups in total. The molecule has 0 unspecified atom stereocenters. The molecule has 0 radical (unpaired) electrons. The predicted molar refractivity (Wildman–Crippen MR) is 95.9 cm³/mol. The van der Waals surface area contributed by atoms with E-state index in [9.17, 15) is 4.39 Å². The van der Waals surface area contributed by atoms with Crippen LogP contribution in [0.5, 0.6) is 11.5 Å². The number of rotatable bonds is 5. The maximum absolute atomic E-state index is 14.3. The molecule has 0 spiro atoms. The Morgan fingerprint density at radius 2 is 1.81 bits per heavy atom. The number of halogens is 1. The van der Waals surface area contributed by atoms with E-state index in [1.807, 2.05) is 24.3 Å². The average molecular weight is 352 g/mol. The second-order valence-corrected chi connectivity index (χ2v) is 5.75. The molecule has 0 bridgehead atoms. The fourth-order valence-electron chi connectivity index (χ4n) is 2.98. The molecule has 2 heterocycles. The minimum atomic E-state index is -0.398. The smallest absolute Gasteiger partial charge is 0.177 e. The predicted octanol–water partition coefficient (Wildman–Crippen LogP) is 3.63. The molecule has 26 heavy (non-hydrogen) atoms. The molecule has 2 aromatic heterocycles. The van der Waals surface area contributed by atoms with Gasteiger partial charge in [0.05, 0.1) is 32.5 Å². The third-order valence-corrected chi connectivity index (χ3v) is 4.23. The number of methoxy groups -OCH3 is 2. The van der Waals surface area contributed by atoms with Crippen LogP contribution in [-0.4, -0.2) is 34.0 Å². The first kappa shape index (κ1) is 16.1. The van der Waals surface area contributed by atoms with Crippen molar-refractivity contribution in [2.24, 2.45) is 0 Å². The summed E-state index contributed by atoms with van der Waals surface area (Å²) in [4.78, 5) is 7.66. The number of hydrogen-bond donors (Lipinski definition) is 1. The zero-order valence-electron chi connectivity index (χ0n) is 14.4. The molecular formula is C19H17FN4O2. The van der Waals surface area contributed by atoms with Crippen LogP contribution in [-0.2, 0) is 6.54 Å². The van der Waals surface area contributed by atoms with Crippen LogP contribution >= 0.6 is 0 Å². The first-order valence-corrected chi connectivity index (χ1v) is 8.07. The molecule has 0 atom stereocenters. The van der Waals surface area contributed by atoms with Crippen LogP contribution in [0, 0.1) is 5.82 Å². The standard InChI is InChI=1S/C19H17FN4O2/c1-25-15-8-4-3-6-12(15)11-24-19-14(10-21-24)22-18(23-19)17-13(20)7-5-9-16(17)26-2/h3-10H,11H2,1-2H3,(H,22,23). The van der Waals surface area contributed by atoms with E-state index in [1.54, 1.807) is 30.1 Å². The summed E-state index contributed by atoms with van der Waals surface area (Å²) in [6, 6.07) is 12.4. The molecule has 7 heteroatoms. The fraction of sp³-hybridized carbons (Fsp3) is 0.158. The molecule has 0 amide bonds. The first-order valence-electron chi connectivity index (χ1n) is 8.07. The van der Waals surface area contributed by atoms with E-state index in [1.165, 1.54) is 13.2 Å². The van der Waals surface area contributed by atoms with Crippen molar-refractivity contribution in [2.75, 3.05) is 14.2 Å². The van der Waals surface area contributed by atoms with Crippen LogP contribution in [0.25, 0.3) is 22.6 Å². The van der Waals surface area contributed by atoms with Crippen molar-refractivity contribution in [3.05, 3.63) is 60.0 Å². The van der Waals surface area contributed by atoms with Crippen molar-refractivity contribution < 1.29 is 13.9 Å². The minimum Gasteiger partial charge on any atom is -0.496 e. The normalized spacial score (nSPS) is 11.0. The number of nitrogens with one attached hydrogen (secondary N) is 1. The van der Waals surface area contributed by atoms with Gasteiger partial charge in [-0.2, -0.15) is 5.10 Å². The van der Waals surface area contributed by atoms with E-state index in [0.29, 0.717) is 29.3 Å². The monoisotopic (exact) mass is 352 g/mol. The van der Waals surface area contributed by atoms with E-state index < -0.39 is 5.82 Å². The Hall–Kier alpha value is -3.35. The van der Waals surface area contributed by atoms with Gasteiger partial charge in [0.1, 0.15) is 28.7 Å². The number of nitrogens with zero attached hydrogens (tertiary/aromatic N) is 3. The number of aromatic amines is 1. The number of ether oxygens (including phenoxy) is 2. The fourth-order valence-corrected chi connectivity index (χ4v) is 2.98. The Balaban J connectivity index is 1.77. The topological polar surface area (TPSA) is 65.0 Å². The SMILES string of the molecule is COc1ccccc1Cn1ncc2[nH]c(-c3c(F)cccc3OC)nc21. The Morgan fingerprint density at radius 3 is 2.62 bits per heavy atom. The van der Waals surface area contributed by atoms with Gasteiger partial charge in [-0.3, -0.25) is 0 Å². The maximum atomic E-state index is 14.3. The van der Waals surface area contributed by atoms with Crippen LogP contribution in [0.15, 0.2) is 48.7 Å². The summed E-state index contributed by atoms with van der Waals surface area (Å²) in [5, 5.41) is 4.37. The zero-order chi connectivity index (χ0) is 18.1. The van der Waals surface area contributed by atoms with Crippen LogP contribution in [0.4, 0.5) is 4.39 Å². The number of fused-ring (bicyclic) bond motifs is 1. The van der Waals surface area contributed by atoms with Crippen molar-refractivity contribution >= 4 is 11.2 Å². The maximum Gasteiger partial charge on any atom is 0.177 e. The highest BCUT2D eigenvalue weighted by atomic mass is 19.1. The third-order valence-electron chi connectivity index (χ3n) is 4.23. The quantitative estimate of drug-likeness (QED) is 0.596. The molecule has 0 saturated carbocycles. The number of hydrogen-bond acceptors (Lipinski definition) is 4. The molecule has 4 aromatic rings. The lowest BCUT2D eigenvalue weighted by Gasteiger charge is -2.08. The molecule has 0 aliphatic carbocycles. The Kier molecular flexibility index (Phi) is 4.04. The molecular weight excluding hydrogens is 335 g/mol. The lowest BCUT2D eigenvalue weighted by Crippen LogP contribution is -2.03. The highest BCUT2D eigenvalue weighted by Gasteiger charge is 2.18. The second kappa shape index (κ2) is 6.51. The average Bonchev–Trinajstić information content (AvgIpc) is 3.23. The van der Waals surface area contributed by atoms with Crippen molar-refractivity contribution in [1.29, 1.82) is 0 Å². The van der Waals surface area contributed by atoms with Gasteiger partial charge in [0.2, 0.25) is 0 Å². The third kappa shape index (κ3) is 2.67. The summed E-state index contributed by atoms with van der Waals surface area (Å²) in [5.74, 6) is 1.21.